The number of hydrogen-bond acceptors (Lipinski definition) is 4. The first-order valence-electron chi connectivity index (χ1n) is 6.56. The molecule has 2 aromatic rings. The van der Waals surface area contributed by atoms with Crippen molar-refractivity contribution < 1.29 is 12.8 Å². The van der Waals surface area contributed by atoms with Gasteiger partial charge >= 0.3 is 0 Å². The number of allylic oxidation sites excluding steroid dienone is 1. The summed E-state index contributed by atoms with van der Waals surface area (Å²) in [6, 6.07) is 10.1. The lowest BCUT2D eigenvalue weighted by Gasteiger charge is -2.28. The van der Waals surface area contributed by atoms with Gasteiger partial charge in [-0.15, -0.1) is 0 Å². The summed E-state index contributed by atoms with van der Waals surface area (Å²) in [7, 11) is -3.91. The Bertz CT molecular complexity index is 994. The summed E-state index contributed by atoms with van der Waals surface area (Å²) < 4.78 is 38.5. The summed E-state index contributed by atoms with van der Waals surface area (Å²) >= 11 is 5.98. The lowest BCUT2D eigenvalue weighted by Crippen LogP contribution is -2.22. The normalized spacial score (nSPS) is 15.6. The van der Waals surface area contributed by atoms with Gasteiger partial charge in [0.05, 0.1) is 16.3 Å². The molecule has 0 spiro atoms. The molecule has 0 fully saturated rings. The zero-order valence-corrected chi connectivity index (χ0v) is 13.5. The number of nitriles is 1. The van der Waals surface area contributed by atoms with Gasteiger partial charge in [0.2, 0.25) is 9.84 Å². The minimum absolute atomic E-state index is 0.0374. The van der Waals surface area contributed by atoms with Crippen LogP contribution in [0.3, 0.4) is 0 Å². The molecule has 1 aliphatic rings. The molecule has 23 heavy (non-hydrogen) atoms. The summed E-state index contributed by atoms with van der Waals surface area (Å²) in [6.07, 6.45) is 1.19. The van der Waals surface area contributed by atoms with Crippen molar-refractivity contribution in [3.63, 3.8) is 0 Å². The van der Waals surface area contributed by atoms with E-state index in [-0.39, 0.29) is 10.6 Å². The zero-order chi connectivity index (χ0) is 16.8. The molecule has 116 valence electrons. The number of halogens is 2. The summed E-state index contributed by atoms with van der Waals surface area (Å²) in [5, 5.41) is 9.51. The van der Waals surface area contributed by atoms with Crippen LogP contribution in [0.15, 0.2) is 52.4 Å². The predicted octanol–water partition coefficient (Wildman–Crippen LogP) is 4.08. The van der Waals surface area contributed by atoms with E-state index >= 15 is 0 Å². The number of fused-ring (bicyclic) bond motifs is 1. The lowest BCUT2D eigenvalue weighted by molar-refractivity contribution is 0.602. The van der Waals surface area contributed by atoms with Crippen LogP contribution < -0.4 is 4.90 Å². The van der Waals surface area contributed by atoms with Gasteiger partial charge < -0.3 is 4.90 Å². The highest BCUT2D eigenvalue weighted by Gasteiger charge is 2.32. The van der Waals surface area contributed by atoms with Crippen LogP contribution in [0, 0.1) is 24.1 Å². The largest absolute Gasteiger partial charge is 0.313 e. The monoisotopic (exact) mass is 348 g/mol. The smallest absolute Gasteiger partial charge is 0.220 e. The van der Waals surface area contributed by atoms with Crippen molar-refractivity contribution >= 4 is 32.8 Å². The van der Waals surface area contributed by atoms with Crippen LogP contribution in [0.25, 0.3) is 0 Å². The quantitative estimate of drug-likeness (QED) is 0.779. The van der Waals surface area contributed by atoms with Gasteiger partial charge in [-0.2, -0.15) is 5.26 Å². The summed E-state index contributed by atoms with van der Waals surface area (Å²) in [6.45, 7) is 1.77. The van der Waals surface area contributed by atoms with Crippen molar-refractivity contribution in [1.82, 2.24) is 0 Å². The van der Waals surface area contributed by atoms with Gasteiger partial charge in [-0.1, -0.05) is 17.7 Å². The molecule has 0 bridgehead atoms. The molecule has 0 saturated carbocycles. The molecular weight excluding hydrogens is 339 g/mol. The summed E-state index contributed by atoms with van der Waals surface area (Å²) in [5.41, 5.74) is 1.45. The Kier molecular flexibility index (Phi) is 3.63. The van der Waals surface area contributed by atoms with E-state index in [0.29, 0.717) is 10.7 Å². The average Bonchev–Trinajstić information content (AvgIpc) is 2.50. The number of nitrogens with zero attached hydrogens (tertiary/aromatic N) is 2. The molecule has 0 atom stereocenters. The molecular formula is C16H10ClFN2O2S. The minimum atomic E-state index is -3.91. The number of hydrogen-bond donors (Lipinski definition) is 0. The van der Waals surface area contributed by atoms with E-state index in [1.165, 1.54) is 41.4 Å². The van der Waals surface area contributed by atoms with Gasteiger partial charge in [-0.05, 0) is 42.8 Å². The third-order valence-electron chi connectivity index (χ3n) is 3.55. The van der Waals surface area contributed by atoms with Gasteiger partial charge in [0.25, 0.3) is 0 Å². The van der Waals surface area contributed by atoms with Crippen molar-refractivity contribution in [3.8, 4) is 6.07 Å². The standard InChI is InChI=1S/C16H10ClFN2O2S/c1-10-2-4-12(18)7-14(10)20-9-13(8-19)23(21,22)16-5-3-11(17)6-15(16)20/h2-7,9H,1H3. The Hall–Kier alpha value is -2.36. The second-order valence-corrected chi connectivity index (χ2v) is 7.34. The maximum atomic E-state index is 13.6. The first kappa shape index (κ1) is 15.5. The topological polar surface area (TPSA) is 61.2 Å². The van der Waals surface area contributed by atoms with Crippen molar-refractivity contribution in [1.29, 1.82) is 5.26 Å². The van der Waals surface area contributed by atoms with E-state index in [4.69, 9.17) is 11.6 Å². The summed E-state index contributed by atoms with van der Waals surface area (Å²) in [5.74, 6) is -0.463. The molecule has 1 heterocycles. The molecule has 4 nitrogen and oxygen atoms in total. The molecule has 0 saturated heterocycles. The third kappa shape index (κ3) is 2.48. The average molecular weight is 349 g/mol. The number of benzene rings is 2. The van der Waals surface area contributed by atoms with Crippen molar-refractivity contribution in [3.05, 3.63) is 63.9 Å². The number of rotatable bonds is 1. The van der Waals surface area contributed by atoms with E-state index in [1.54, 1.807) is 19.1 Å². The van der Waals surface area contributed by atoms with Crippen LogP contribution in [0.4, 0.5) is 15.8 Å². The van der Waals surface area contributed by atoms with Crippen LogP contribution >= 0.6 is 11.6 Å². The Labute approximate surface area is 137 Å². The summed E-state index contributed by atoms with van der Waals surface area (Å²) in [4.78, 5) is 1.03. The Morgan fingerprint density at radius 1 is 1.17 bits per heavy atom. The van der Waals surface area contributed by atoms with E-state index in [1.807, 2.05) is 0 Å². The van der Waals surface area contributed by atoms with Crippen LogP contribution in [0.5, 0.6) is 0 Å². The molecule has 0 aromatic heterocycles. The van der Waals surface area contributed by atoms with E-state index in [9.17, 15) is 18.1 Å². The molecule has 0 aliphatic carbocycles. The maximum Gasteiger partial charge on any atom is 0.220 e. The Balaban J connectivity index is 2.36. The van der Waals surface area contributed by atoms with E-state index in [0.717, 1.165) is 5.56 Å². The van der Waals surface area contributed by atoms with Gasteiger partial charge in [-0.25, -0.2) is 12.8 Å². The van der Waals surface area contributed by atoms with Crippen LogP contribution in [0.2, 0.25) is 5.02 Å². The first-order valence-corrected chi connectivity index (χ1v) is 8.42. The molecule has 0 radical (unpaired) electrons. The SMILES string of the molecule is Cc1ccc(F)cc1N1C=C(C#N)S(=O)(=O)c2ccc(Cl)cc21. The molecule has 0 N–H and O–H groups in total. The van der Waals surface area contributed by atoms with Gasteiger partial charge in [-0.3, -0.25) is 0 Å². The van der Waals surface area contributed by atoms with Gasteiger partial charge in [0.15, 0.2) is 4.91 Å². The first-order chi connectivity index (χ1) is 10.8. The van der Waals surface area contributed by atoms with E-state index in [2.05, 4.69) is 0 Å². The van der Waals surface area contributed by atoms with Gasteiger partial charge in [0.1, 0.15) is 11.9 Å². The second-order valence-electron chi connectivity index (χ2n) is 5.02. The lowest BCUT2D eigenvalue weighted by atomic mass is 10.1. The fourth-order valence-corrected chi connectivity index (χ4v) is 3.86. The Morgan fingerprint density at radius 2 is 1.91 bits per heavy atom. The fraction of sp³-hybridized carbons (Fsp3) is 0.0625. The van der Waals surface area contributed by atoms with Crippen LogP contribution in [0.1, 0.15) is 5.56 Å². The van der Waals surface area contributed by atoms with Crippen molar-refractivity contribution in [2.45, 2.75) is 11.8 Å². The molecule has 1 aliphatic heterocycles. The highest BCUT2D eigenvalue weighted by atomic mass is 35.5. The Morgan fingerprint density at radius 3 is 2.61 bits per heavy atom. The number of sulfone groups is 1. The van der Waals surface area contributed by atoms with Crippen LogP contribution in [-0.2, 0) is 9.84 Å². The van der Waals surface area contributed by atoms with E-state index < -0.39 is 20.6 Å². The molecule has 2 aromatic carbocycles. The molecule has 0 amide bonds. The van der Waals surface area contributed by atoms with Crippen LogP contribution in [-0.4, -0.2) is 8.42 Å². The minimum Gasteiger partial charge on any atom is -0.313 e. The maximum absolute atomic E-state index is 13.6. The highest BCUT2D eigenvalue weighted by Crippen LogP contribution is 2.41. The molecule has 7 heteroatoms. The predicted molar refractivity (Wildman–Crippen MR) is 85.6 cm³/mol. The zero-order valence-electron chi connectivity index (χ0n) is 11.9. The number of aryl methyl sites for hydroxylation is 1. The second kappa shape index (κ2) is 5.37. The van der Waals surface area contributed by atoms with Crippen molar-refractivity contribution in [2.24, 2.45) is 0 Å². The highest BCUT2D eigenvalue weighted by molar-refractivity contribution is 7.95. The number of anilines is 2. The fourth-order valence-electron chi connectivity index (χ4n) is 2.41. The third-order valence-corrected chi connectivity index (χ3v) is 5.48. The van der Waals surface area contributed by atoms with Gasteiger partial charge in [0, 0.05) is 11.2 Å². The van der Waals surface area contributed by atoms with Crippen molar-refractivity contribution in [2.75, 3.05) is 4.90 Å². The molecule has 0 unspecified atom stereocenters. The molecule has 3 rings (SSSR count).